The van der Waals surface area contributed by atoms with Crippen LogP contribution in [0, 0.1) is 11.3 Å². The second-order valence-corrected chi connectivity index (χ2v) is 4.31. The summed E-state index contributed by atoms with van der Waals surface area (Å²) < 4.78 is 5.32. The molecule has 1 rings (SSSR count). The van der Waals surface area contributed by atoms with Crippen molar-refractivity contribution >= 4 is 5.91 Å². The van der Waals surface area contributed by atoms with Crippen molar-refractivity contribution < 1.29 is 9.53 Å². The van der Waals surface area contributed by atoms with Crippen LogP contribution in [0.4, 0.5) is 0 Å². The molecule has 0 aliphatic rings. The number of ether oxygens (including phenoxy) is 1. The summed E-state index contributed by atoms with van der Waals surface area (Å²) in [5, 5.41) is 12.0. The molecule has 4 nitrogen and oxygen atoms in total. The van der Waals surface area contributed by atoms with Gasteiger partial charge in [0.2, 0.25) is 0 Å². The van der Waals surface area contributed by atoms with E-state index in [4.69, 9.17) is 4.74 Å². The first-order valence-electron chi connectivity index (χ1n) is 6.57. The molecule has 0 aromatic heterocycles. The number of benzene rings is 1. The highest BCUT2D eigenvalue weighted by Gasteiger charge is 2.28. The van der Waals surface area contributed by atoms with Crippen molar-refractivity contribution in [2.24, 2.45) is 0 Å². The van der Waals surface area contributed by atoms with Crippen LogP contribution in [0.3, 0.4) is 0 Å². The lowest BCUT2D eigenvalue weighted by Crippen LogP contribution is -2.46. The molecule has 0 unspecified atom stereocenters. The van der Waals surface area contributed by atoms with Gasteiger partial charge in [0.05, 0.1) is 12.7 Å². The van der Waals surface area contributed by atoms with Gasteiger partial charge >= 0.3 is 0 Å². The van der Waals surface area contributed by atoms with Crippen molar-refractivity contribution in [2.75, 3.05) is 6.61 Å². The molecule has 1 aromatic rings. The molecular formula is C15H20N2O2. The summed E-state index contributed by atoms with van der Waals surface area (Å²) in [4.78, 5) is 12.1. The van der Waals surface area contributed by atoms with Crippen molar-refractivity contribution in [3.05, 3.63) is 29.8 Å². The standard InChI is InChI=1S/C15H20N2O2/c1-4-15(5-2,11-16)17-14(18)12-7-9-13(10-8-12)19-6-3/h7-10H,4-6H2,1-3H3,(H,17,18). The zero-order chi connectivity index (χ0) is 14.3. The minimum atomic E-state index is -0.782. The molecule has 4 heteroatoms. The highest BCUT2D eigenvalue weighted by Crippen LogP contribution is 2.16. The van der Waals surface area contributed by atoms with Crippen LogP contribution >= 0.6 is 0 Å². The number of carbonyl (C=O) groups excluding carboxylic acids is 1. The van der Waals surface area contributed by atoms with Gasteiger partial charge in [0.15, 0.2) is 0 Å². The predicted molar refractivity (Wildman–Crippen MR) is 74.0 cm³/mol. The quantitative estimate of drug-likeness (QED) is 0.855. The molecule has 1 aromatic carbocycles. The van der Waals surface area contributed by atoms with Gasteiger partial charge < -0.3 is 10.1 Å². The summed E-state index contributed by atoms with van der Waals surface area (Å²) in [7, 11) is 0. The van der Waals surface area contributed by atoms with Crippen LogP contribution in [0.15, 0.2) is 24.3 Å². The zero-order valence-corrected chi connectivity index (χ0v) is 11.7. The van der Waals surface area contributed by atoms with E-state index < -0.39 is 5.54 Å². The first-order chi connectivity index (χ1) is 9.10. The van der Waals surface area contributed by atoms with Crippen LogP contribution in [-0.2, 0) is 0 Å². The minimum absolute atomic E-state index is 0.228. The second-order valence-electron chi connectivity index (χ2n) is 4.31. The molecular weight excluding hydrogens is 240 g/mol. The monoisotopic (exact) mass is 260 g/mol. The van der Waals surface area contributed by atoms with Gasteiger partial charge in [0, 0.05) is 5.56 Å². The van der Waals surface area contributed by atoms with Crippen LogP contribution in [-0.4, -0.2) is 18.1 Å². The van der Waals surface area contributed by atoms with E-state index in [1.807, 2.05) is 20.8 Å². The molecule has 0 spiro atoms. The van der Waals surface area contributed by atoms with Gasteiger partial charge in [-0.25, -0.2) is 0 Å². The van der Waals surface area contributed by atoms with Gasteiger partial charge in [-0.2, -0.15) is 5.26 Å². The van der Waals surface area contributed by atoms with E-state index in [9.17, 15) is 10.1 Å². The first kappa shape index (κ1) is 15.0. The summed E-state index contributed by atoms with van der Waals surface area (Å²) in [6.45, 7) is 6.29. The summed E-state index contributed by atoms with van der Waals surface area (Å²) in [5.41, 5.74) is -0.250. The Balaban J connectivity index is 2.81. The molecule has 0 fully saturated rings. The smallest absolute Gasteiger partial charge is 0.252 e. The Hall–Kier alpha value is -2.02. The minimum Gasteiger partial charge on any atom is -0.494 e. The molecule has 19 heavy (non-hydrogen) atoms. The Bertz CT molecular complexity index is 456. The highest BCUT2D eigenvalue weighted by atomic mass is 16.5. The predicted octanol–water partition coefficient (Wildman–Crippen LogP) is 2.90. The number of hydrogen-bond acceptors (Lipinski definition) is 3. The summed E-state index contributed by atoms with van der Waals surface area (Å²) in [6.07, 6.45) is 1.17. The van der Waals surface area contributed by atoms with Gasteiger partial charge in [-0.15, -0.1) is 0 Å². The molecule has 1 N–H and O–H groups in total. The molecule has 0 bridgehead atoms. The van der Waals surface area contributed by atoms with Crippen LogP contribution in [0.1, 0.15) is 44.0 Å². The normalized spacial score (nSPS) is 10.6. The third-order valence-corrected chi connectivity index (χ3v) is 3.20. The molecule has 1 amide bonds. The summed E-state index contributed by atoms with van der Waals surface area (Å²) in [5.74, 6) is 0.505. The molecule has 102 valence electrons. The van der Waals surface area contributed by atoms with Crippen LogP contribution in [0.2, 0.25) is 0 Å². The molecule has 0 saturated heterocycles. The fourth-order valence-corrected chi connectivity index (χ4v) is 1.77. The SMILES string of the molecule is CCOc1ccc(C(=O)NC(C#N)(CC)CC)cc1. The Morgan fingerprint density at radius 1 is 1.26 bits per heavy atom. The van der Waals surface area contributed by atoms with E-state index in [-0.39, 0.29) is 5.91 Å². The molecule has 0 aliphatic carbocycles. The van der Waals surface area contributed by atoms with Gasteiger partial charge in [-0.1, -0.05) is 13.8 Å². The van der Waals surface area contributed by atoms with Crippen molar-refractivity contribution in [3.63, 3.8) is 0 Å². The largest absolute Gasteiger partial charge is 0.494 e. The lowest BCUT2D eigenvalue weighted by atomic mass is 9.94. The van der Waals surface area contributed by atoms with Crippen LogP contribution in [0.25, 0.3) is 0 Å². The number of nitrogens with zero attached hydrogens (tertiary/aromatic N) is 1. The summed E-state index contributed by atoms with van der Waals surface area (Å²) in [6, 6.07) is 9.10. The Morgan fingerprint density at radius 2 is 1.84 bits per heavy atom. The number of carbonyl (C=O) groups is 1. The van der Waals surface area contributed by atoms with E-state index in [1.54, 1.807) is 24.3 Å². The van der Waals surface area contributed by atoms with E-state index in [2.05, 4.69) is 11.4 Å². The Labute approximate surface area is 114 Å². The number of hydrogen-bond donors (Lipinski definition) is 1. The topological polar surface area (TPSA) is 62.1 Å². The summed E-state index contributed by atoms with van der Waals surface area (Å²) >= 11 is 0. The number of rotatable bonds is 6. The van der Waals surface area contributed by atoms with Crippen LogP contribution in [0.5, 0.6) is 5.75 Å². The van der Waals surface area contributed by atoms with Crippen molar-refractivity contribution in [2.45, 2.75) is 39.2 Å². The Morgan fingerprint density at radius 3 is 2.26 bits per heavy atom. The lowest BCUT2D eigenvalue weighted by molar-refractivity contribution is 0.0915. The maximum Gasteiger partial charge on any atom is 0.252 e. The third kappa shape index (κ3) is 3.72. The molecule has 0 aliphatic heterocycles. The molecule has 0 heterocycles. The molecule has 0 atom stereocenters. The average Bonchev–Trinajstić information content (AvgIpc) is 2.46. The first-order valence-corrected chi connectivity index (χ1v) is 6.57. The van der Waals surface area contributed by atoms with E-state index in [0.29, 0.717) is 25.0 Å². The molecule has 0 saturated carbocycles. The van der Waals surface area contributed by atoms with E-state index in [1.165, 1.54) is 0 Å². The van der Waals surface area contributed by atoms with Gasteiger partial charge in [-0.05, 0) is 44.0 Å². The van der Waals surface area contributed by atoms with Crippen LogP contribution < -0.4 is 10.1 Å². The highest BCUT2D eigenvalue weighted by molar-refractivity contribution is 5.95. The van der Waals surface area contributed by atoms with Gasteiger partial charge in [-0.3, -0.25) is 4.79 Å². The van der Waals surface area contributed by atoms with E-state index in [0.717, 1.165) is 5.75 Å². The van der Waals surface area contributed by atoms with Gasteiger partial charge in [0.25, 0.3) is 5.91 Å². The van der Waals surface area contributed by atoms with Crippen molar-refractivity contribution in [3.8, 4) is 11.8 Å². The fourth-order valence-electron chi connectivity index (χ4n) is 1.77. The maximum atomic E-state index is 12.1. The average molecular weight is 260 g/mol. The third-order valence-electron chi connectivity index (χ3n) is 3.20. The lowest BCUT2D eigenvalue weighted by Gasteiger charge is -2.24. The zero-order valence-electron chi connectivity index (χ0n) is 11.7. The fraction of sp³-hybridized carbons (Fsp3) is 0.467. The van der Waals surface area contributed by atoms with Crippen molar-refractivity contribution in [1.29, 1.82) is 5.26 Å². The van der Waals surface area contributed by atoms with Crippen molar-refractivity contribution in [1.82, 2.24) is 5.32 Å². The second kappa shape index (κ2) is 6.79. The van der Waals surface area contributed by atoms with E-state index >= 15 is 0 Å². The number of nitriles is 1. The Kier molecular flexibility index (Phi) is 5.37. The molecule has 0 radical (unpaired) electrons. The van der Waals surface area contributed by atoms with Gasteiger partial charge in [0.1, 0.15) is 11.3 Å². The maximum absolute atomic E-state index is 12.1. The number of amides is 1. The number of nitrogens with one attached hydrogen (secondary N) is 1.